The number of hydrogen-bond donors (Lipinski definition) is 2. The first kappa shape index (κ1) is 15.2. The molecule has 4 nitrogen and oxygen atoms in total. The number of piperidine rings is 1. The summed E-state index contributed by atoms with van der Waals surface area (Å²) in [6.07, 6.45) is 6.06. The summed E-state index contributed by atoms with van der Waals surface area (Å²) < 4.78 is 0.867. The topological polar surface area (TPSA) is 61.8 Å². The zero-order chi connectivity index (χ0) is 14.5. The second-order valence-electron chi connectivity index (χ2n) is 5.25. The Morgan fingerprint density at radius 2 is 2.30 bits per heavy atom. The van der Waals surface area contributed by atoms with Gasteiger partial charge >= 0.3 is 0 Å². The third-order valence-corrected chi connectivity index (χ3v) is 4.57. The Balaban J connectivity index is 2.42. The summed E-state index contributed by atoms with van der Waals surface area (Å²) in [7, 11) is 0. The zero-order valence-electron chi connectivity index (χ0n) is 11.8. The maximum Gasteiger partial charge on any atom is 0.173 e. The van der Waals surface area contributed by atoms with E-state index in [0.29, 0.717) is 6.04 Å². The quantitative estimate of drug-likeness (QED) is 0.380. The van der Waals surface area contributed by atoms with Gasteiger partial charge in [-0.05, 0) is 53.7 Å². The molecular weight excluding hydrogens is 318 g/mol. The number of nitrogens with zero attached hydrogens (tertiary/aromatic N) is 2. The summed E-state index contributed by atoms with van der Waals surface area (Å²) in [5.74, 6) is 0.160. The van der Waals surface area contributed by atoms with Crippen LogP contribution in [0.1, 0.15) is 44.6 Å². The minimum absolute atomic E-state index is 0.160. The molecule has 0 aliphatic carbocycles. The van der Waals surface area contributed by atoms with E-state index >= 15 is 0 Å². The highest BCUT2D eigenvalue weighted by Crippen LogP contribution is 2.33. The number of oxime groups is 1. The first-order valence-corrected chi connectivity index (χ1v) is 8.01. The second kappa shape index (κ2) is 6.97. The molecule has 0 spiro atoms. The minimum atomic E-state index is 0.160. The SMILES string of the molecule is CCCC1CCCCN1c1cccc(Br)c1/C(N)=N/O. The molecule has 1 heterocycles. The lowest BCUT2D eigenvalue weighted by Gasteiger charge is -2.38. The van der Waals surface area contributed by atoms with Crippen molar-refractivity contribution in [2.75, 3.05) is 11.4 Å². The fraction of sp³-hybridized carbons (Fsp3) is 0.533. The van der Waals surface area contributed by atoms with Crippen molar-refractivity contribution < 1.29 is 5.21 Å². The van der Waals surface area contributed by atoms with Gasteiger partial charge in [0, 0.05) is 22.7 Å². The van der Waals surface area contributed by atoms with Gasteiger partial charge in [-0.25, -0.2) is 0 Å². The maximum atomic E-state index is 9.03. The Morgan fingerprint density at radius 1 is 1.50 bits per heavy atom. The van der Waals surface area contributed by atoms with E-state index < -0.39 is 0 Å². The Hall–Kier alpha value is -1.23. The number of amidine groups is 1. The second-order valence-corrected chi connectivity index (χ2v) is 6.11. The van der Waals surface area contributed by atoms with Crippen LogP contribution in [0, 0.1) is 0 Å². The van der Waals surface area contributed by atoms with Crippen LogP contribution < -0.4 is 10.6 Å². The molecule has 1 aromatic rings. The third kappa shape index (κ3) is 3.08. The Labute approximate surface area is 128 Å². The van der Waals surface area contributed by atoms with Gasteiger partial charge in [0.15, 0.2) is 5.84 Å². The van der Waals surface area contributed by atoms with Gasteiger partial charge < -0.3 is 15.8 Å². The van der Waals surface area contributed by atoms with E-state index in [4.69, 9.17) is 10.9 Å². The number of anilines is 1. The van der Waals surface area contributed by atoms with Crippen molar-refractivity contribution in [2.45, 2.75) is 45.1 Å². The monoisotopic (exact) mass is 339 g/mol. The molecule has 3 N–H and O–H groups in total. The number of rotatable bonds is 4. The van der Waals surface area contributed by atoms with E-state index in [2.05, 4.69) is 39.0 Å². The van der Waals surface area contributed by atoms with Gasteiger partial charge in [-0.2, -0.15) is 0 Å². The molecule has 1 saturated heterocycles. The molecule has 0 amide bonds. The van der Waals surface area contributed by atoms with Gasteiger partial charge in [0.2, 0.25) is 0 Å². The highest BCUT2D eigenvalue weighted by molar-refractivity contribution is 9.10. The average Bonchev–Trinajstić information content (AvgIpc) is 2.47. The van der Waals surface area contributed by atoms with Crippen LogP contribution in [0.4, 0.5) is 5.69 Å². The predicted octanol–water partition coefficient (Wildman–Crippen LogP) is 3.70. The molecule has 0 bridgehead atoms. The van der Waals surface area contributed by atoms with Crippen LogP contribution in [0.3, 0.4) is 0 Å². The van der Waals surface area contributed by atoms with E-state index in [-0.39, 0.29) is 5.84 Å². The van der Waals surface area contributed by atoms with Crippen molar-refractivity contribution >= 4 is 27.5 Å². The van der Waals surface area contributed by atoms with E-state index in [1.54, 1.807) is 0 Å². The third-order valence-electron chi connectivity index (χ3n) is 3.91. The largest absolute Gasteiger partial charge is 0.409 e. The Kier molecular flexibility index (Phi) is 5.29. The van der Waals surface area contributed by atoms with Crippen LogP contribution >= 0.6 is 15.9 Å². The van der Waals surface area contributed by atoms with Crippen molar-refractivity contribution in [3.8, 4) is 0 Å². The van der Waals surface area contributed by atoms with Crippen LogP contribution in [-0.2, 0) is 0 Å². The van der Waals surface area contributed by atoms with E-state index in [1.807, 2.05) is 12.1 Å². The highest BCUT2D eigenvalue weighted by atomic mass is 79.9. The van der Waals surface area contributed by atoms with Crippen molar-refractivity contribution in [1.82, 2.24) is 0 Å². The molecule has 1 unspecified atom stereocenters. The van der Waals surface area contributed by atoms with Crippen LogP contribution in [0.25, 0.3) is 0 Å². The van der Waals surface area contributed by atoms with Crippen molar-refractivity contribution in [1.29, 1.82) is 0 Å². The van der Waals surface area contributed by atoms with E-state index in [9.17, 15) is 0 Å². The van der Waals surface area contributed by atoms with Crippen molar-refractivity contribution in [3.05, 3.63) is 28.2 Å². The van der Waals surface area contributed by atoms with Gasteiger partial charge in [0.25, 0.3) is 0 Å². The molecule has 110 valence electrons. The number of benzene rings is 1. The van der Waals surface area contributed by atoms with Crippen LogP contribution in [0.5, 0.6) is 0 Å². The van der Waals surface area contributed by atoms with Crippen LogP contribution in [-0.4, -0.2) is 23.6 Å². The summed E-state index contributed by atoms with van der Waals surface area (Å²) in [6, 6.07) is 6.54. The summed E-state index contributed by atoms with van der Waals surface area (Å²) in [6.45, 7) is 3.25. The lowest BCUT2D eigenvalue weighted by atomic mass is 9.96. The molecule has 1 atom stereocenters. The maximum absolute atomic E-state index is 9.03. The number of halogens is 1. The predicted molar refractivity (Wildman–Crippen MR) is 86.5 cm³/mol. The lowest BCUT2D eigenvalue weighted by Crippen LogP contribution is -2.40. The first-order valence-electron chi connectivity index (χ1n) is 7.22. The molecule has 1 aromatic carbocycles. The summed E-state index contributed by atoms with van der Waals surface area (Å²) in [5, 5.41) is 12.2. The molecule has 5 heteroatoms. The molecule has 1 aliphatic heterocycles. The molecule has 1 aliphatic rings. The normalized spacial score (nSPS) is 20.2. The van der Waals surface area contributed by atoms with Gasteiger partial charge in [-0.3, -0.25) is 0 Å². The zero-order valence-corrected chi connectivity index (χ0v) is 13.4. The van der Waals surface area contributed by atoms with Crippen molar-refractivity contribution in [3.63, 3.8) is 0 Å². The van der Waals surface area contributed by atoms with Gasteiger partial charge in [-0.15, -0.1) is 0 Å². The van der Waals surface area contributed by atoms with Gasteiger partial charge in [-0.1, -0.05) is 24.6 Å². The van der Waals surface area contributed by atoms with Gasteiger partial charge in [0.05, 0.1) is 5.56 Å². The molecule has 1 fully saturated rings. The van der Waals surface area contributed by atoms with E-state index in [1.165, 1.54) is 32.1 Å². The first-order chi connectivity index (χ1) is 9.69. The minimum Gasteiger partial charge on any atom is -0.409 e. The molecule has 0 aromatic heterocycles. The summed E-state index contributed by atoms with van der Waals surface area (Å²) in [5.41, 5.74) is 7.72. The summed E-state index contributed by atoms with van der Waals surface area (Å²) in [4.78, 5) is 2.42. The lowest BCUT2D eigenvalue weighted by molar-refractivity contribution is 0.318. The van der Waals surface area contributed by atoms with Crippen LogP contribution in [0.2, 0.25) is 0 Å². The molecular formula is C15H22BrN3O. The van der Waals surface area contributed by atoms with Gasteiger partial charge in [0.1, 0.15) is 0 Å². The number of hydrogen-bond acceptors (Lipinski definition) is 3. The molecule has 0 saturated carbocycles. The summed E-state index contributed by atoms with van der Waals surface area (Å²) >= 11 is 3.52. The Bertz CT molecular complexity index is 488. The molecule has 0 radical (unpaired) electrons. The highest BCUT2D eigenvalue weighted by Gasteiger charge is 2.25. The fourth-order valence-electron chi connectivity index (χ4n) is 3.01. The standard InChI is InChI=1S/C15H22BrN3O/c1-2-6-11-7-3-4-10-19(11)13-9-5-8-12(16)14(13)15(17)18-20/h5,8-9,11,20H,2-4,6-7,10H2,1H3,(H2,17,18). The molecule has 2 rings (SSSR count). The molecule has 20 heavy (non-hydrogen) atoms. The van der Waals surface area contributed by atoms with Crippen LogP contribution in [0.15, 0.2) is 27.8 Å². The average molecular weight is 340 g/mol. The Morgan fingerprint density at radius 3 is 3.00 bits per heavy atom. The van der Waals surface area contributed by atoms with Crippen molar-refractivity contribution in [2.24, 2.45) is 10.9 Å². The van der Waals surface area contributed by atoms with E-state index in [0.717, 1.165) is 22.3 Å². The number of nitrogens with two attached hydrogens (primary N) is 1. The smallest absolute Gasteiger partial charge is 0.173 e. The fourth-order valence-corrected chi connectivity index (χ4v) is 3.57.